The lowest BCUT2D eigenvalue weighted by Crippen LogP contribution is -2.48. The van der Waals surface area contributed by atoms with Gasteiger partial charge in [0.2, 0.25) is 0 Å². The first-order valence-electron chi connectivity index (χ1n) is 5.47. The third-order valence-corrected chi connectivity index (χ3v) is 2.33. The molecule has 92 valence electrons. The number of ketones is 1. The van der Waals surface area contributed by atoms with E-state index in [0.717, 1.165) is 0 Å². The maximum absolute atomic E-state index is 11.4. The Hall–Kier alpha value is -1.10. The first-order valence-corrected chi connectivity index (χ1v) is 5.47. The Morgan fingerprint density at radius 2 is 2.12 bits per heavy atom. The van der Waals surface area contributed by atoms with Crippen LogP contribution in [0, 0.1) is 0 Å². The number of nitrogens with one attached hydrogen (secondary N) is 1. The maximum atomic E-state index is 11.4. The molecular weight excluding hydrogens is 210 g/mol. The summed E-state index contributed by atoms with van der Waals surface area (Å²) in [6.07, 6.45) is -0.288. The lowest BCUT2D eigenvalue weighted by Gasteiger charge is -2.29. The Bertz CT molecular complexity index is 282. The van der Waals surface area contributed by atoms with Gasteiger partial charge in [0, 0.05) is 12.8 Å². The Balaban J connectivity index is 2.46. The number of hydrogen-bond acceptors (Lipinski definition) is 4. The zero-order valence-corrected chi connectivity index (χ0v) is 9.95. The van der Waals surface area contributed by atoms with Crippen LogP contribution in [0.5, 0.6) is 0 Å². The van der Waals surface area contributed by atoms with Crippen molar-refractivity contribution in [1.82, 2.24) is 5.32 Å². The van der Waals surface area contributed by atoms with Crippen LogP contribution in [0.4, 0.5) is 4.79 Å². The van der Waals surface area contributed by atoms with Crippen molar-refractivity contribution in [2.45, 2.75) is 57.8 Å². The van der Waals surface area contributed by atoms with E-state index in [0.29, 0.717) is 12.8 Å². The summed E-state index contributed by atoms with van der Waals surface area (Å²) in [6, 6.07) is -0.518. The molecular formula is C11H19NO4. The van der Waals surface area contributed by atoms with Crippen LogP contribution >= 0.6 is 0 Å². The van der Waals surface area contributed by atoms with Gasteiger partial charge in [-0.1, -0.05) is 0 Å². The largest absolute Gasteiger partial charge is 0.444 e. The summed E-state index contributed by atoms with van der Waals surface area (Å²) >= 11 is 0. The van der Waals surface area contributed by atoms with Gasteiger partial charge in [-0.15, -0.1) is 0 Å². The molecule has 2 unspecified atom stereocenters. The summed E-state index contributed by atoms with van der Waals surface area (Å²) in [7, 11) is 0. The molecule has 1 aliphatic rings. The number of carbonyl (C=O) groups excluding carboxylic acids is 2. The first-order chi connectivity index (χ1) is 7.28. The molecule has 5 nitrogen and oxygen atoms in total. The van der Waals surface area contributed by atoms with Crippen LogP contribution in [0.3, 0.4) is 0 Å². The predicted molar refractivity (Wildman–Crippen MR) is 58.0 cm³/mol. The molecule has 0 heterocycles. The standard InChI is InChI=1S/C11H19NO4/c1-11(2,3)16-10(15)12-8-6-7(13)4-5-9(8)14/h8-9,14H,4-6H2,1-3H3,(H,12,15). The molecule has 2 atom stereocenters. The van der Waals surface area contributed by atoms with Gasteiger partial charge in [0.15, 0.2) is 0 Å². The molecule has 0 aliphatic heterocycles. The van der Waals surface area contributed by atoms with E-state index < -0.39 is 23.8 Å². The number of aliphatic hydroxyl groups is 1. The van der Waals surface area contributed by atoms with Crippen molar-refractivity contribution in [3.8, 4) is 0 Å². The summed E-state index contributed by atoms with van der Waals surface area (Å²) in [5.41, 5.74) is -0.576. The number of carbonyl (C=O) groups is 2. The van der Waals surface area contributed by atoms with Gasteiger partial charge in [-0.25, -0.2) is 4.79 Å². The fourth-order valence-corrected chi connectivity index (χ4v) is 1.60. The van der Waals surface area contributed by atoms with Crippen molar-refractivity contribution in [2.24, 2.45) is 0 Å². The topological polar surface area (TPSA) is 75.6 Å². The summed E-state index contributed by atoms with van der Waals surface area (Å²) in [5, 5.41) is 12.1. The van der Waals surface area contributed by atoms with Gasteiger partial charge in [-0.3, -0.25) is 4.79 Å². The molecule has 5 heteroatoms. The molecule has 0 saturated heterocycles. The SMILES string of the molecule is CC(C)(C)OC(=O)NC1CC(=O)CCC1O. The van der Waals surface area contributed by atoms with E-state index >= 15 is 0 Å². The second-order valence-corrected chi connectivity index (χ2v) is 5.10. The summed E-state index contributed by atoms with van der Waals surface area (Å²) < 4.78 is 5.05. The lowest BCUT2D eigenvalue weighted by molar-refractivity contribution is -0.123. The molecule has 1 aliphatic carbocycles. The quantitative estimate of drug-likeness (QED) is 0.703. The van der Waals surface area contributed by atoms with Crippen molar-refractivity contribution >= 4 is 11.9 Å². The van der Waals surface area contributed by atoms with Crippen LogP contribution in [0.1, 0.15) is 40.0 Å². The van der Waals surface area contributed by atoms with Crippen LogP contribution in [-0.4, -0.2) is 34.7 Å². The highest BCUT2D eigenvalue weighted by Gasteiger charge is 2.30. The second-order valence-electron chi connectivity index (χ2n) is 5.10. The molecule has 1 fully saturated rings. The van der Waals surface area contributed by atoms with Gasteiger partial charge in [-0.05, 0) is 27.2 Å². The molecule has 0 aromatic rings. The zero-order valence-electron chi connectivity index (χ0n) is 9.95. The van der Waals surface area contributed by atoms with E-state index in [4.69, 9.17) is 4.74 Å². The minimum Gasteiger partial charge on any atom is -0.444 e. The third kappa shape index (κ3) is 4.18. The van der Waals surface area contributed by atoms with Crippen molar-refractivity contribution < 1.29 is 19.4 Å². The zero-order chi connectivity index (χ0) is 12.3. The van der Waals surface area contributed by atoms with Crippen molar-refractivity contribution in [3.63, 3.8) is 0 Å². The number of amides is 1. The highest BCUT2D eigenvalue weighted by atomic mass is 16.6. The Morgan fingerprint density at radius 3 is 2.69 bits per heavy atom. The fourth-order valence-electron chi connectivity index (χ4n) is 1.60. The van der Waals surface area contributed by atoms with E-state index in [-0.39, 0.29) is 12.2 Å². The van der Waals surface area contributed by atoms with E-state index in [1.807, 2.05) is 0 Å². The molecule has 0 aromatic carbocycles. The number of hydrogen-bond donors (Lipinski definition) is 2. The van der Waals surface area contributed by atoms with E-state index in [1.54, 1.807) is 20.8 Å². The highest BCUT2D eigenvalue weighted by Crippen LogP contribution is 2.16. The van der Waals surface area contributed by atoms with Crippen molar-refractivity contribution in [2.75, 3.05) is 0 Å². The van der Waals surface area contributed by atoms with Crippen LogP contribution in [0.15, 0.2) is 0 Å². The van der Waals surface area contributed by atoms with E-state index in [9.17, 15) is 14.7 Å². The number of aliphatic hydroxyl groups excluding tert-OH is 1. The number of ether oxygens (including phenoxy) is 1. The monoisotopic (exact) mass is 229 g/mol. The van der Waals surface area contributed by atoms with Gasteiger partial charge in [-0.2, -0.15) is 0 Å². The second kappa shape index (κ2) is 4.82. The smallest absolute Gasteiger partial charge is 0.407 e. The van der Waals surface area contributed by atoms with Crippen LogP contribution < -0.4 is 5.32 Å². The average Bonchev–Trinajstić information content (AvgIpc) is 2.08. The maximum Gasteiger partial charge on any atom is 0.407 e. The molecule has 2 N–H and O–H groups in total. The number of rotatable bonds is 1. The molecule has 0 bridgehead atoms. The first kappa shape index (κ1) is 13.0. The minimum absolute atomic E-state index is 0.0614. The van der Waals surface area contributed by atoms with E-state index in [2.05, 4.69) is 5.32 Å². The Kier molecular flexibility index (Phi) is 3.91. The average molecular weight is 229 g/mol. The third-order valence-electron chi connectivity index (χ3n) is 2.33. The van der Waals surface area contributed by atoms with Crippen LogP contribution in [-0.2, 0) is 9.53 Å². The van der Waals surface area contributed by atoms with Crippen LogP contribution in [0.25, 0.3) is 0 Å². The number of Topliss-reactive ketones (excluding diaryl/α,β-unsaturated/α-hetero) is 1. The minimum atomic E-state index is -0.662. The van der Waals surface area contributed by atoms with Crippen molar-refractivity contribution in [3.05, 3.63) is 0 Å². The highest BCUT2D eigenvalue weighted by molar-refractivity contribution is 5.81. The van der Waals surface area contributed by atoms with Crippen molar-refractivity contribution in [1.29, 1.82) is 0 Å². The summed E-state index contributed by atoms with van der Waals surface area (Å²) in [6.45, 7) is 5.28. The molecule has 0 spiro atoms. The van der Waals surface area contributed by atoms with E-state index in [1.165, 1.54) is 0 Å². The summed E-state index contributed by atoms with van der Waals surface area (Å²) in [5.74, 6) is 0.0614. The molecule has 16 heavy (non-hydrogen) atoms. The van der Waals surface area contributed by atoms with Gasteiger partial charge < -0.3 is 15.2 Å². The molecule has 0 radical (unpaired) electrons. The summed E-state index contributed by atoms with van der Waals surface area (Å²) in [4.78, 5) is 22.6. The molecule has 1 rings (SSSR count). The Labute approximate surface area is 95.2 Å². The van der Waals surface area contributed by atoms with Crippen LogP contribution in [0.2, 0.25) is 0 Å². The predicted octanol–water partition coefficient (Wildman–Crippen LogP) is 0.994. The van der Waals surface area contributed by atoms with Gasteiger partial charge in [0.1, 0.15) is 11.4 Å². The fraction of sp³-hybridized carbons (Fsp3) is 0.818. The Morgan fingerprint density at radius 1 is 1.50 bits per heavy atom. The molecule has 1 saturated carbocycles. The van der Waals surface area contributed by atoms with Gasteiger partial charge in [0.05, 0.1) is 12.1 Å². The molecule has 0 aromatic heterocycles. The number of alkyl carbamates (subject to hydrolysis) is 1. The normalized spacial score (nSPS) is 26.4. The van der Waals surface area contributed by atoms with Gasteiger partial charge in [0.25, 0.3) is 0 Å². The lowest BCUT2D eigenvalue weighted by atomic mass is 9.92. The molecule has 1 amide bonds. The van der Waals surface area contributed by atoms with Gasteiger partial charge >= 0.3 is 6.09 Å².